The Morgan fingerprint density at radius 2 is 1.91 bits per heavy atom. The highest BCUT2D eigenvalue weighted by molar-refractivity contribution is 5.81. The van der Waals surface area contributed by atoms with Crippen LogP contribution in [-0.2, 0) is 22.6 Å². The zero-order valence-corrected chi connectivity index (χ0v) is 18.8. The van der Waals surface area contributed by atoms with E-state index in [1.165, 1.54) is 0 Å². The lowest BCUT2D eigenvalue weighted by Gasteiger charge is -2.36. The Morgan fingerprint density at radius 1 is 1.12 bits per heavy atom. The Morgan fingerprint density at radius 3 is 2.69 bits per heavy atom. The van der Waals surface area contributed by atoms with Crippen molar-refractivity contribution in [2.45, 2.75) is 45.5 Å². The first kappa shape index (κ1) is 22.4. The highest BCUT2D eigenvalue weighted by Gasteiger charge is 2.32. The fraction of sp³-hybridized carbons (Fsp3) is 0.480. The van der Waals surface area contributed by atoms with Gasteiger partial charge in [0, 0.05) is 44.2 Å². The van der Waals surface area contributed by atoms with E-state index in [1.54, 1.807) is 6.07 Å². The first-order chi connectivity index (χ1) is 15.5. The van der Waals surface area contributed by atoms with E-state index >= 15 is 0 Å². The lowest BCUT2D eigenvalue weighted by molar-refractivity contribution is -0.152. The van der Waals surface area contributed by atoms with Crippen LogP contribution in [0.4, 0.5) is 0 Å². The predicted molar refractivity (Wildman–Crippen MR) is 121 cm³/mol. The lowest BCUT2D eigenvalue weighted by Crippen LogP contribution is -2.52. The van der Waals surface area contributed by atoms with Gasteiger partial charge in [-0.3, -0.25) is 9.69 Å². The zero-order valence-electron chi connectivity index (χ0n) is 18.8. The molecule has 1 atom stereocenters. The molecule has 32 heavy (non-hydrogen) atoms. The standard InChI is InChI=1S/C25H32N2O5/c1-18(2)27(15-19-8-9-22-23(14-19)31-12-5-11-30-22)25(29)24-17-26(10-13-32-24)16-20-6-3-4-7-21(20)28/h3-4,6-9,14,18,24,28H,5,10-13,15-17H2,1-2H3. The van der Waals surface area contributed by atoms with E-state index in [2.05, 4.69) is 4.90 Å². The maximum absolute atomic E-state index is 13.4. The van der Waals surface area contributed by atoms with Crippen molar-refractivity contribution in [1.82, 2.24) is 9.80 Å². The number of benzene rings is 2. The van der Waals surface area contributed by atoms with Crippen molar-refractivity contribution in [1.29, 1.82) is 0 Å². The van der Waals surface area contributed by atoms with Gasteiger partial charge in [-0.15, -0.1) is 0 Å². The molecular weight excluding hydrogens is 408 g/mol. The van der Waals surface area contributed by atoms with Gasteiger partial charge in [0.1, 0.15) is 11.9 Å². The van der Waals surface area contributed by atoms with Crippen LogP contribution in [0.5, 0.6) is 17.2 Å². The third kappa shape index (κ3) is 5.34. The molecule has 1 unspecified atom stereocenters. The fourth-order valence-corrected chi connectivity index (χ4v) is 4.08. The van der Waals surface area contributed by atoms with Crippen molar-refractivity contribution < 1.29 is 24.1 Å². The molecule has 4 rings (SSSR count). The first-order valence-corrected chi connectivity index (χ1v) is 11.3. The van der Waals surface area contributed by atoms with Crippen LogP contribution in [-0.4, -0.2) is 65.9 Å². The van der Waals surface area contributed by atoms with E-state index in [1.807, 2.05) is 55.1 Å². The van der Waals surface area contributed by atoms with E-state index in [-0.39, 0.29) is 17.7 Å². The van der Waals surface area contributed by atoms with Crippen molar-refractivity contribution in [2.75, 3.05) is 32.9 Å². The number of para-hydroxylation sites is 1. The number of rotatable bonds is 6. The summed E-state index contributed by atoms with van der Waals surface area (Å²) in [6, 6.07) is 13.2. The molecule has 0 saturated carbocycles. The Balaban J connectivity index is 1.43. The molecule has 0 aromatic heterocycles. The molecule has 2 aliphatic heterocycles. The number of hydrogen-bond donors (Lipinski definition) is 1. The normalized spacial score (nSPS) is 18.9. The smallest absolute Gasteiger partial charge is 0.253 e. The molecule has 1 amide bonds. The van der Waals surface area contributed by atoms with Gasteiger partial charge in [0.15, 0.2) is 11.5 Å². The molecular formula is C25H32N2O5. The minimum atomic E-state index is -0.530. The SMILES string of the molecule is CC(C)N(Cc1ccc2c(c1)OCCCO2)C(=O)C1CN(Cc2ccccc2O)CCO1. The van der Waals surface area contributed by atoms with Crippen LogP contribution in [0.2, 0.25) is 0 Å². The Hall–Kier alpha value is -2.77. The highest BCUT2D eigenvalue weighted by atomic mass is 16.5. The second kappa shape index (κ2) is 10.2. The number of carbonyl (C=O) groups excluding carboxylic acids is 1. The molecule has 0 aliphatic carbocycles. The molecule has 172 valence electrons. The predicted octanol–water partition coefficient (Wildman–Crippen LogP) is 3.19. The van der Waals surface area contributed by atoms with E-state index in [0.717, 1.165) is 35.6 Å². The third-order valence-corrected chi connectivity index (χ3v) is 5.88. The Kier molecular flexibility index (Phi) is 7.17. The van der Waals surface area contributed by atoms with Crippen LogP contribution in [0.25, 0.3) is 0 Å². The minimum absolute atomic E-state index is 0.0194. The quantitative estimate of drug-likeness (QED) is 0.744. The average molecular weight is 441 g/mol. The number of carbonyl (C=O) groups is 1. The van der Waals surface area contributed by atoms with Crippen molar-refractivity contribution in [3.63, 3.8) is 0 Å². The molecule has 0 bridgehead atoms. The molecule has 2 aliphatic rings. The van der Waals surface area contributed by atoms with E-state index in [4.69, 9.17) is 14.2 Å². The van der Waals surface area contributed by atoms with Gasteiger partial charge in [0.05, 0.1) is 19.8 Å². The number of phenolic OH excluding ortho intramolecular Hbond substituents is 1. The van der Waals surface area contributed by atoms with Crippen LogP contribution in [0.1, 0.15) is 31.4 Å². The third-order valence-electron chi connectivity index (χ3n) is 5.88. The molecule has 2 aromatic carbocycles. The summed E-state index contributed by atoms with van der Waals surface area (Å²) in [6.45, 7) is 8.09. The summed E-state index contributed by atoms with van der Waals surface area (Å²) in [4.78, 5) is 17.4. The zero-order chi connectivity index (χ0) is 22.5. The van der Waals surface area contributed by atoms with Crippen LogP contribution in [0.3, 0.4) is 0 Å². The monoisotopic (exact) mass is 440 g/mol. The minimum Gasteiger partial charge on any atom is -0.508 e. The molecule has 7 nitrogen and oxygen atoms in total. The Labute approximate surface area is 189 Å². The highest BCUT2D eigenvalue weighted by Crippen LogP contribution is 2.31. The summed E-state index contributed by atoms with van der Waals surface area (Å²) in [7, 11) is 0. The number of fused-ring (bicyclic) bond motifs is 1. The number of hydrogen-bond acceptors (Lipinski definition) is 6. The summed E-state index contributed by atoms with van der Waals surface area (Å²) < 4.78 is 17.4. The van der Waals surface area contributed by atoms with E-state index in [9.17, 15) is 9.90 Å². The van der Waals surface area contributed by atoms with Gasteiger partial charge in [0.2, 0.25) is 0 Å². The van der Waals surface area contributed by atoms with Gasteiger partial charge >= 0.3 is 0 Å². The van der Waals surface area contributed by atoms with Gasteiger partial charge in [0.25, 0.3) is 5.91 Å². The maximum Gasteiger partial charge on any atom is 0.253 e. The van der Waals surface area contributed by atoms with E-state index in [0.29, 0.717) is 39.5 Å². The molecule has 7 heteroatoms. The van der Waals surface area contributed by atoms with Crippen LogP contribution in [0, 0.1) is 0 Å². The van der Waals surface area contributed by atoms with Gasteiger partial charge < -0.3 is 24.2 Å². The topological polar surface area (TPSA) is 71.5 Å². The second-order valence-electron chi connectivity index (χ2n) is 8.61. The molecule has 2 heterocycles. The molecule has 1 N–H and O–H groups in total. The molecule has 1 fully saturated rings. The number of morpholine rings is 1. The second-order valence-corrected chi connectivity index (χ2v) is 8.61. The van der Waals surface area contributed by atoms with Crippen molar-refractivity contribution in [2.24, 2.45) is 0 Å². The summed E-state index contributed by atoms with van der Waals surface area (Å²) in [5, 5.41) is 10.1. The number of phenols is 1. The van der Waals surface area contributed by atoms with Crippen molar-refractivity contribution in [3.05, 3.63) is 53.6 Å². The average Bonchev–Trinajstić information content (AvgIpc) is 3.03. The summed E-state index contributed by atoms with van der Waals surface area (Å²) in [6.07, 6.45) is 0.328. The molecule has 2 aromatic rings. The van der Waals surface area contributed by atoms with Gasteiger partial charge in [-0.25, -0.2) is 0 Å². The van der Waals surface area contributed by atoms with Crippen LogP contribution < -0.4 is 9.47 Å². The first-order valence-electron chi connectivity index (χ1n) is 11.3. The van der Waals surface area contributed by atoms with Crippen LogP contribution >= 0.6 is 0 Å². The maximum atomic E-state index is 13.4. The molecule has 0 spiro atoms. The summed E-state index contributed by atoms with van der Waals surface area (Å²) >= 11 is 0. The van der Waals surface area contributed by atoms with Crippen molar-refractivity contribution >= 4 is 5.91 Å². The number of amides is 1. The summed E-state index contributed by atoms with van der Waals surface area (Å²) in [5.74, 6) is 1.75. The fourth-order valence-electron chi connectivity index (χ4n) is 4.08. The number of ether oxygens (including phenoxy) is 3. The molecule has 0 radical (unpaired) electrons. The van der Waals surface area contributed by atoms with Crippen LogP contribution in [0.15, 0.2) is 42.5 Å². The largest absolute Gasteiger partial charge is 0.508 e. The molecule has 1 saturated heterocycles. The van der Waals surface area contributed by atoms with Gasteiger partial charge in [-0.2, -0.15) is 0 Å². The lowest BCUT2D eigenvalue weighted by atomic mass is 10.1. The van der Waals surface area contributed by atoms with Gasteiger partial charge in [-0.05, 0) is 37.6 Å². The number of aromatic hydroxyl groups is 1. The van der Waals surface area contributed by atoms with Gasteiger partial charge in [-0.1, -0.05) is 24.3 Å². The number of nitrogens with zero attached hydrogens (tertiary/aromatic N) is 2. The summed E-state index contributed by atoms with van der Waals surface area (Å²) in [5.41, 5.74) is 1.85. The van der Waals surface area contributed by atoms with E-state index < -0.39 is 6.10 Å². The Bertz CT molecular complexity index is 932. The van der Waals surface area contributed by atoms with Crippen molar-refractivity contribution in [3.8, 4) is 17.2 Å².